The predicted octanol–water partition coefficient (Wildman–Crippen LogP) is -0.527. The van der Waals surface area contributed by atoms with Gasteiger partial charge >= 0.3 is 5.97 Å². The molecule has 0 radical (unpaired) electrons. The fraction of sp³-hybridized carbons (Fsp3) is 0.500. The summed E-state index contributed by atoms with van der Waals surface area (Å²) in [5.74, 6) is -1.26. The van der Waals surface area contributed by atoms with Crippen molar-refractivity contribution in [2.45, 2.75) is 6.42 Å². The van der Waals surface area contributed by atoms with Crippen LogP contribution in [0.15, 0.2) is 0 Å². The Morgan fingerprint density at radius 2 is 2.12 bits per heavy atom. The highest BCUT2D eigenvalue weighted by Crippen LogP contribution is 1.79. The Labute approximate surface area is 46.3 Å². The van der Waals surface area contributed by atoms with Crippen LogP contribution >= 0.6 is 0 Å². The number of hydrogen-bond acceptors (Lipinski definition) is 3. The molecule has 0 aliphatic carbocycles. The average Bonchev–Trinajstić information content (AvgIpc) is 1.67. The largest absolute Gasteiger partial charge is 0.477 e. The molecular weight excluding hydrogens is 110 g/mol. The third-order valence-corrected chi connectivity index (χ3v) is 0.620. The van der Waals surface area contributed by atoms with Gasteiger partial charge in [-0.05, 0) is 0 Å². The Bertz CT molecular complexity index is 110. The summed E-state index contributed by atoms with van der Waals surface area (Å²) in [6.07, 6.45) is -0.0741. The van der Waals surface area contributed by atoms with Crippen LogP contribution < -0.4 is 0 Å². The number of carbonyl (C=O) groups is 1. The first-order valence-electron chi connectivity index (χ1n) is 2.10. The van der Waals surface area contributed by atoms with Crippen molar-refractivity contribution in [3.63, 3.8) is 0 Å². The predicted molar refractivity (Wildman–Crippen MR) is 27.1 cm³/mol. The zero-order valence-electron chi connectivity index (χ0n) is 4.22. The minimum atomic E-state index is -1.26. The van der Waals surface area contributed by atoms with Crippen LogP contribution in [0, 0.1) is 5.41 Å². The van der Waals surface area contributed by atoms with E-state index in [4.69, 9.17) is 15.6 Å². The SMILES string of the molecule is N=C(CCO)C(=O)O. The van der Waals surface area contributed by atoms with E-state index in [0.717, 1.165) is 0 Å². The molecule has 0 heterocycles. The van der Waals surface area contributed by atoms with Crippen molar-refractivity contribution in [1.82, 2.24) is 0 Å². The van der Waals surface area contributed by atoms with E-state index < -0.39 is 11.7 Å². The second-order valence-electron chi connectivity index (χ2n) is 1.26. The summed E-state index contributed by atoms with van der Waals surface area (Å²) in [6, 6.07) is 0. The van der Waals surface area contributed by atoms with Crippen molar-refractivity contribution in [1.29, 1.82) is 5.41 Å². The fourth-order valence-electron chi connectivity index (χ4n) is 0.219. The van der Waals surface area contributed by atoms with Gasteiger partial charge in [0.25, 0.3) is 0 Å². The number of rotatable bonds is 3. The summed E-state index contributed by atoms with van der Waals surface area (Å²) < 4.78 is 0. The normalized spacial score (nSPS) is 8.62. The first-order chi connectivity index (χ1) is 3.68. The van der Waals surface area contributed by atoms with E-state index in [-0.39, 0.29) is 13.0 Å². The van der Waals surface area contributed by atoms with E-state index >= 15 is 0 Å². The Hall–Kier alpha value is -0.900. The van der Waals surface area contributed by atoms with Gasteiger partial charge in [-0.25, -0.2) is 4.79 Å². The molecule has 0 fully saturated rings. The lowest BCUT2D eigenvalue weighted by molar-refractivity contribution is -0.129. The molecule has 4 heteroatoms. The van der Waals surface area contributed by atoms with Gasteiger partial charge in [-0.1, -0.05) is 0 Å². The number of nitrogens with one attached hydrogen (secondary N) is 1. The van der Waals surface area contributed by atoms with Gasteiger partial charge in [0.05, 0.1) is 0 Å². The van der Waals surface area contributed by atoms with Crippen LogP contribution in [-0.4, -0.2) is 28.5 Å². The molecule has 0 aromatic rings. The molecule has 46 valence electrons. The number of hydrogen-bond donors (Lipinski definition) is 3. The highest BCUT2D eigenvalue weighted by molar-refractivity contribution is 6.34. The summed E-state index contributed by atoms with van der Waals surface area (Å²) >= 11 is 0. The zero-order chi connectivity index (χ0) is 6.57. The standard InChI is InChI=1S/C4H7NO3/c5-3(1-2-6)4(7)8/h5-6H,1-2H2,(H,7,8). The Morgan fingerprint density at radius 3 is 2.25 bits per heavy atom. The highest BCUT2D eigenvalue weighted by atomic mass is 16.4. The van der Waals surface area contributed by atoms with Crippen LogP contribution in [-0.2, 0) is 4.79 Å². The van der Waals surface area contributed by atoms with E-state index in [9.17, 15) is 4.79 Å². The number of aliphatic hydroxyl groups is 1. The molecule has 0 spiro atoms. The average molecular weight is 117 g/mol. The second-order valence-corrected chi connectivity index (χ2v) is 1.26. The van der Waals surface area contributed by atoms with Gasteiger partial charge < -0.3 is 10.2 Å². The first kappa shape index (κ1) is 7.10. The van der Waals surface area contributed by atoms with E-state index in [1.165, 1.54) is 0 Å². The van der Waals surface area contributed by atoms with Crippen molar-refractivity contribution in [3.8, 4) is 0 Å². The number of carboxylic acids is 1. The molecular formula is C4H7NO3. The van der Waals surface area contributed by atoms with E-state index in [0.29, 0.717) is 0 Å². The Balaban J connectivity index is 3.49. The molecule has 0 atom stereocenters. The second kappa shape index (κ2) is 3.15. The van der Waals surface area contributed by atoms with Crippen LogP contribution in [0.3, 0.4) is 0 Å². The van der Waals surface area contributed by atoms with Crippen molar-refractivity contribution in [2.24, 2.45) is 0 Å². The molecule has 0 saturated carbocycles. The third-order valence-electron chi connectivity index (χ3n) is 0.620. The van der Waals surface area contributed by atoms with Gasteiger partial charge in [-0.15, -0.1) is 0 Å². The molecule has 3 N–H and O–H groups in total. The minimum absolute atomic E-state index is 0.0741. The lowest BCUT2D eigenvalue weighted by Gasteiger charge is -1.89. The molecule has 4 nitrogen and oxygen atoms in total. The number of aliphatic carboxylic acids is 1. The minimum Gasteiger partial charge on any atom is -0.477 e. The highest BCUT2D eigenvalue weighted by Gasteiger charge is 2.02. The van der Waals surface area contributed by atoms with Crippen molar-refractivity contribution in [3.05, 3.63) is 0 Å². The molecule has 0 unspecified atom stereocenters. The van der Waals surface area contributed by atoms with Crippen LogP contribution in [0.2, 0.25) is 0 Å². The smallest absolute Gasteiger partial charge is 0.349 e. The first-order valence-corrected chi connectivity index (χ1v) is 2.10. The number of carboxylic acid groups (broad SMARTS) is 1. The molecule has 0 saturated heterocycles. The van der Waals surface area contributed by atoms with Gasteiger partial charge in [0.2, 0.25) is 0 Å². The fourth-order valence-corrected chi connectivity index (χ4v) is 0.219. The maximum Gasteiger partial charge on any atom is 0.349 e. The quantitative estimate of drug-likeness (QED) is 0.435. The Kier molecular flexibility index (Phi) is 2.79. The lowest BCUT2D eigenvalue weighted by atomic mass is 10.3. The summed E-state index contributed by atoms with van der Waals surface area (Å²) in [5, 5.41) is 22.6. The molecule has 0 amide bonds. The van der Waals surface area contributed by atoms with Gasteiger partial charge in [-0.3, -0.25) is 5.41 Å². The molecule has 0 aliphatic heterocycles. The summed E-state index contributed by atoms with van der Waals surface area (Å²) in [4.78, 5) is 9.75. The zero-order valence-corrected chi connectivity index (χ0v) is 4.22. The maximum absolute atomic E-state index is 9.75. The summed E-state index contributed by atoms with van der Waals surface area (Å²) in [7, 11) is 0. The monoisotopic (exact) mass is 117 g/mol. The van der Waals surface area contributed by atoms with Gasteiger partial charge in [0.15, 0.2) is 0 Å². The lowest BCUT2D eigenvalue weighted by Crippen LogP contribution is -2.12. The topological polar surface area (TPSA) is 81.4 Å². The van der Waals surface area contributed by atoms with Gasteiger partial charge in [0, 0.05) is 13.0 Å². The summed E-state index contributed by atoms with van der Waals surface area (Å²) in [5.41, 5.74) is -0.451. The Morgan fingerprint density at radius 1 is 1.62 bits per heavy atom. The van der Waals surface area contributed by atoms with Crippen molar-refractivity contribution in [2.75, 3.05) is 6.61 Å². The molecule has 0 aromatic heterocycles. The van der Waals surface area contributed by atoms with E-state index in [1.54, 1.807) is 0 Å². The van der Waals surface area contributed by atoms with Crippen molar-refractivity contribution < 1.29 is 15.0 Å². The number of aliphatic hydroxyl groups excluding tert-OH is 1. The van der Waals surface area contributed by atoms with Crippen LogP contribution in [0.25, 0.3) is 0 Å². The molecule has 8 heavy (non-hydrogen) atoms. The molecule has 0 aliphatic rings. The summed E-state index contributed by atoms with van der Waals surface area (Å²) in [6.45, 7) is -0.273. The van der Waals surface area contributed by atoms with E-state index in [1.807, 2.05) is 0 Å². The third kappa shape index (κ3) is 2.30. The van der Waals surface area contributed by atoms with Crippen LogP contribution in [0.1, 0.15) is 6.42 Å². The molecule has 0 bridgehead atoms. The van der Waals surface area contributed by atoms with E-state index in [2.05, 4.69) is 0 Å². The maximum atomic E-state index is 9.75. The van der Waals surface area contributed by atoms with Gasteiger partial charge in [-0.2, -0.15) is 0 Å². The van der Waals surface area contributed by atoms with Crippen LogP contribution in [0.4, 0.5) is 0 Å². The van der Waals surface area contributed by atoms with Crippen molar-refractivity contribution >= 4 is 11.7 Å². The van der Waals surface area contributed by atoms with Gasteiger partial charge in [0.1, 0.15) is 5.71 Å². The van der Waals surface area contributed by atoms with Crippen LogP contribution in [0.5, 0.6) is 0 Å². The molecule has 0 rings (SSSR count). The molecule has 0 aromatic carbocycles.